The standard InChI is InChI=1S/C12H28N4O/c1-6-11(4)16(7-8-17-5)12(15-13)14-9-10(2)3/h10-11H,6-9,13H2,1-5H3,(H,14,15). The van der Waals surface area contributed by atoms with Gasteiger partial charge in [0.15, 0.2) is 0 Å². The van der Waals surface area contributed by atoms with Crippen LogP contribution in [0.5, 0.6) is 0 Å². The highest BCUT2D eigenvalue weighted by Gasteiger charge is 2.15. The maximum Gasteiger partial charge on any atom is 0.208 e. The molecule has 0 bridgehead atoms. The lowest BCUT2D eigenvalue weighted by molar-refractivity contribution is 0.161. The number of nitrogens with one attached hydrogen (secondary N) is 1. The molecule has 0 saturated carbocycles. The van der Waals surface area contributed by atoms with Crippen molar-refractivity contribution in [3.63, 3.8) is 0 Å². The summed E-state index contributed by atoms with van der Waals surface area (Å²) >= 11 is 0. The topological polar surface area (TPSA) is 62.9 Å². The number of rotatable bonds is 7. The van der Waals surface area contributed by atoms with Crippen molar-refractivity contribution in [3.8, 4) is 0 Å². The van der Waals surface area contributed by atoms with Gasteiger partial charge >= 0.3 is 0 Å². The summed E-state index contributed by atoms with van der Waals surface area (Å²) in [6, 6.07) is 0.395. The van der Waals surface area contributed by atoms with Gasteiger partial charge in [-0.15, -0.1) is 0 Å². The summed E-state index contributed by atoms with van der Waals surface area (Å²) in [4.78, 5) is 6.67. The predicted molar refractivity (Wildman–Crippen MR) is 72.8 cm³/mol. The zero-order valence-corrected chi connectivity index (χ0v) is 11.9. The van der Waals surface area contributed by atoms with Crippen molar-refractivity contribution >= 4 is 5.96 Å². The van der Waals surface area contributed by atoms with E-state index in [-0.39, 0.29) is 0 Å². The van der Waals surface area contributed by atoms with E-state index in [1.165, 1.54) is 0 Å². The maximum absolute atomic E-state index is 5.56. The van der Waals surface area contributed by atoms with Crippen molar-refractivity contribution in [1.82, 2.24) is 10.3 Å². The van der Waals surface area contributed by atoms with Gasteiger partial charge < -0.3 is 9.64 Å². The quantitative estimate of drug-likeness (QED) is 0.306. The molecule has 0 radical (unpaired) electrons. The largest absolute Gasteiger partial charge is 0.383 e. The molecule has 17 heavy (non-hydrogen) atoms. The normalized spacial score (nSPS) is 13.9. The summed E-state index contributed by atoms with van der Waals surface area (Å²) in [6.07, 6.45) is 1.05. The van der Waals surface area contributed by atoms with Crippen LogP contribution in [0.4, 0.5) is 0 Å². The van der Waals surface area contributed by atoms with E-state index < -0.39 is 0 Å². The van der Waals surface area contributed by atoms with E-state index in [1.54, 1.807) is 7.11 Å². The third-order valence-corrected chi connectivity index (χ3v) is 2.67. The van der Waals surface area contributed by atoms with Gasteiger partial charge in [-0.3, -0.25) is 10.4 Å². The van der Waals surface area contributed by atoms with E-state index in [0.29, 0.717) is 18.6 Å². The first-order valence-electron chi connectivity index (χ1n) is 6.33. The SMILES string of the molecule is CCC(C)N(CCOC)C(=NCC(C)C)NN. The number of aliphatic imine (C=N–C) groups is 1. The van der Waals surface area contributed by atoms with E-state index in [0.717, 1.165) is 25.5 Å². The second-order valence-corrected chi connectivity index (χ2v) is 4.65. The average Bonchev–Trinajstić information content (AvgIpc) is 2.32. The van der Waals surface area contributed by atoms with Gasteiger partial charge in [0.2, 0.25) is 5.96 Å². The average molecular weight is 244 g/mol. The number of hydrazine groups is 1. The number of hydrogen-bond acceptors (Lipinski definition) is 3. The molecule has 1 unspecified atom stereocenters. The zero-order chi connectivity index (χ0) is 13.3. The van der Waals surface area contributed by atoms with Crippen LogP contribution in [0.3, 0.4) is 0 Å². The molecule has 0 aromatic rings. The van der Waals surface area contributed by atoms with Crippen LogP contribution in [0.25, 0.3) is 0 Å². The third-order valence-electron chi connectivity index (χ3n) is 2.67. The molecule has 0 aliphatic rings. The summed E-state index contributed by atoms with van der Waals surface area (Å²) < 4.78 is 5.12. The third kappa shape index (κ3) is 6.48. The Hall–Kier alpha value is -0.810. The monoisotopic (exact) mass is 244 g/mol. The first kappa shape index (κ1) is 16.2. The second-order valence-electron chi connectivity index (χ2n) is 4.65. The van der Waals surface area contributed by atoms with Crippen LogP contribution in [-0.2, 0) is 4.74 Å². The molecule has 0 aliphatic heterocycles. The fourth-order valence-electron chi connectivity index (χ4n) is 1.43. The first-order chi connectivity index (χ1) is 8.06. The second kappa shape index (κ2) is 9.24. The molecule has 5 nitrogen and oxygen atoms in total. The van der Waals surface area contributed by atoms with Gasteiger partial charge in [-0.2, -0.15) is 0 Å². The molecule has 0 spiro atoms. The molecular weight excluding hydrogens is 216 g/mol. The van der Waals surface area contributed by atoms with Crippen molar-refractivity contribution in [2.75, 3.05) is 26.8 Å². The number of nitrogens with two attached hydrogens (primary N) is 1. The predicted octanol–water partition coefficient (Wildman–Crippen LogP) is 1.21. The lowest BCUT2D eigenvalue weighted by atomic mass is 10.2. The van der Waals surface area contributed by atoms with Crippen LogP contribution < -0.4 is 11.3 Å². The Morgan fingerprint density at radius 1 is 1.41 bits per heavy atom. The van der Waals surface area contributed by atoms with E-state index in [2.05, 4.69) is 43.0 Å². The summed E-state index contributed by atoms with van der Waals surface area (Å²) in [5.74, 6) is 6.84. The van der Waals surface area contributed by atoms with Crippen molar-refractivity contribution in [2.45, 2.75) is 40.2 Å². The zero-order valence-electron chi connectivity index (χ0n) is 11.9. The Kier molecular flexibility index (Phi) is 8.80. The molecule has 0 amide bonds. The van der Waals surface area contributed by atoms with Gasteiger partial charge in [-0.05, 0) is 19.3 Å². The highest BCUT2D eigenvalue weighted by molar-refractivity contribution is 5.79. The van der Waals surface area contributed by atoms with Crippen LogP contribution in [0.15, 0.2) is 4.99 Å². The van der Waals surface area contributed by atoms with E-state index in [9.17, 15) is 0 Å². The summed E-state index contributed by atoms with van der Waals surface area (Å²) in [6.45, 7) is 10.8. The molecule has 5 heteroatoms. The lowest BCUT2D eigenvalue weighted by Crippen LogP contribution is -2.50. The van der Waals surface area contributed by atoms with Gasteiger partial charge in [0, 0.05) is 26.2 Å². The molecule has 0 heterocycles. The minimum absolute atomic E-state index is 0.395. The van der Waals surface area contributed by atoms with Crippen LogP contribution >= 0.6 is 0 Å². The maximum atomic E-state index is 5.56. The molecule has 0 fully saturated rings. The van der Waals surface area contributed by atoms with Crippen LogP contribution in [0, 0.1) is 5.92 Å². The van der Waals surface area contributed by atoms with Crippen molar-refractivity contribution in [2.24, 2.45) is 16.8 Å². The summed E-state index contributed by atoms with van der Waals surface area (Å²) in [5, 5.41) is 0. The molecule has 0 aromatic carbocycles. The number of hydrogen-bond donors (Lipinski definition) is 2. The molecule has 0 rings (SSSR count). The van der Waals surface area contributed by atoms with Crippen LogP contribution in [0.2, 0.25) is 0 Å². The van der Waals surface area contributed by atoms with Crippen LogP contribution in [-0.4, -0.2) is 43.7 Å². The molecule has 102 valence electrons. The Morgan fingerprint density at radius 3 is 2.47 bits per heavy atom. The Balaban J connectivity index is 4.64. The first-order valence-corrected chi connectivity index (χ1v) is 6.33. The van der Waals surface area contributed by atoms with Crippen molar-refractivity contribution in [1.29, 1.82) is 0 Å². The molecule has 0 aromatic heterocycles. The highest BCUT2D eigenvalue weighted by atomic mass is 16.5. The van der Waals surface area contributed by atoms with Gasteiger partial charge in [0.1, 0.15) is 0 Å². The Morgan fingerprint density at radius 2 is 2.06 bits per heavy atom. The molecule has 0 saturated heterocycles. The van der Waals surface area contributed by atoms with Gasteiger partial charge in [0.25, 0.3) is 0 Å². The molecule has 0 aliphatic carbocycles. The Labute approximate surface area is 105 Å². The van der Waals surface area contributed by atoms with Crippen molar-refractivity contribution in [3.05, 3.63) is 0 Å². The van der Waals surface area contributed by atoms with E-state index in [4.69, 9.17) is 10.6 Å². The van der Waals surface area contributed by atoms with E-state index in [1.807, 2.05) is 0 Å². The highest BCUT2D eigenvalue weighted by Crippen LogP contribution is 2.04. The summed E-state index contributed by atoms with van der Waals surface area (Å²) in [7, 11) is 1.70. The number of guanidine groups is 1. The van der Waals surface area contributed by atoms with Crippen LogP contribution in [0.1, 0.15) is 34.1 Å². The minimum Gasteiger partial charge on any atom is -0.383 e. The number of nitrogens with zero attached hydrogens (tertiary/aromatic N) is 2. The van der Waals surface area contributed by atoms with Crippen molar-refractivity contribution < 1.29 is 4.74 Å². The smallest absolute Gasteiger partial charge is 0.208 e. The number of ether oxygens (including phenoxy) is 1. The lowest BCUT2D eigenvalue weighted by Gasteiger charge is -2.31. The molecule has 1 atom stereocenters. The molecular formula is C12H28N4O. The molecule has 3 N–H and O–H groups in total. The van der Waals surface area contributed by atoms with Gasteiger partial charge in [0.05, 0.1) is 6.61 Å². The Bertz CT molecular complexity index is 219. The summed E-state index contributed by atoms with van der Waals surface area (Å²) in [5.41, 5.74) is 2.70. The fraction of sp³-hybridized carbons (Fsp3) is 0.917. The fourth-order valence-corrected chi connectivity index (χ4v) is 1.43. The van der Waals surface area contributed by atoms with Gasteiger partial charge in [-0.1, -0.05) is 20.8 Å². The number of methoxy groups -OCH3 is 1. The minimum atomic E-state index is 0.395. The van der Waals surface area contributed by atoms with E-state index >= 15 is 0 Å². The van der Waals surface area contributed by atoms with Gasteiger partial charge in [-0.25, -0.2) is 5.84 Å².